The van der Waals surface area contributed by atoms with E-state index in [9.17, 15) is 4.79 Å². The van der Waals surface area contributed by atoms with Crippen LogP contribution in [-0.2, 0) is 4.79 Å². The van der Waals surface area contributed by atoms with Crippen LogP contribution >= 0.6 is 0 Å². The van der Waals surface area contributed by atoms with Crippen molar-refractivity contribution < 1.29 is 4.79 Å². The third-order valence-corrected chi connectivity index (χ3v) is 4.31. The van der Waals surface area contributed by atoms with E-state index in [2.05, 4.69) is 43.4 Å². The highest BCUT2D eigenvalue weighted by atomic mass is 16.1. The lowest BCUT2D eigenvalue weighted by molar-refractivity contribution is -0.125. The van der Waals surface area contributed by atoms with Crippen molar-refractivity contribution in [1.29, 1.82) is 0 Å². The second-order valence-electron chi connectivity index (χ2n) is 6.32. The molecule has 20 heavy (non-hydrogen) atoms. The Kier molecular flexibility index (Phi) is 4.81. The molecule has 3 unspecified atom stereocenters. The molecule has 3 nitrogen and oxygen atoms in total. The van der Waals surface area contributed by atoms with Crippen molar-refractivity contribution in [3.05, 3.63) is 35.4 Å². The normalized spacial score (nSPS) is 23.9. The third-order valence-electron chi connectivity index (χ3n) is 4.31. The van der Waals surface area contributed by atoms with Gasteiger partial charge in [0.25, 0.3) is 0 Å². The van der Waals surface area contributed by atoms with Gasteiger partial charge in [-0.3, -0.25) is 4.79 Å². The predicted molar refractivity (Wildman–Crippen MR) is 82.4 cm³/mol. The molecule has 1 amide bonds. The highest BCUT2D eigenvalue weighted by Gasteiger charge is 2.28. The Labute approximate surface area is 121 Å². The Balaban J connectivity index is 1.94. The fourth-order valence-corrected chi connectivity index (χ4v) is 2.84. The summed E-state index contributed by atoms with van der Waals surface area (Å²) in [7, 11) is 0. The summed E-state index contributed by atoms with van der Waals surface area (Å²) in [6, 6.07) is 8.77. The van der Waals surface area contributed by atoms with Crippen LogP contribution in [0, 0.1) is 5.92 Å². The molecule has 0 heterocycles. The van der Waals surface area contributed by atoms with Gasteiger partial charge < -0.3 is 11.1 Å². The first-order chi connectivity index (χ1) is 9.47. The summed E-state index contributed by atoms with van der Waals surface area (Å²) >= 11 is 0. The lowest BCUT2D eigenvalue weighted by Gasteiger charge is -2.18. The number of nitrogens with one attached hydrogen (secondary N) is 1. The molecular weight excluding hydrogens is 248 g/mol. The number of carbonyl (C=O) groups excluding carboxylic acids is 1. The molecule has 0 saturated heterocycles. The Morgan fingerprint density at radius 2 is 1.75 bits per heavy atom. The molecule has 0 bridgehead atoms. The number of hydrogen-bond donors (Lipinski definition) is 2. The topological polar surface area (TPSA) is 55.1 Å². The molecule has 1 saturated carbocycles. The molecule has 1 aliphatic rings. The largest absolute Gasteiger partial charge is 0.349 e. The zero-order chi connectivity index (χ0) is 14.7. The standard InChI is InChI=1S/C17H26N2O/c1-11(2)13-4-6-14(7-5-13)12(3)19-17(20)15-8-9-16(18)10-15/h4-7,11-12,15-16H,8-10,18H2,1-3H3,(H,19,20). The average molecular weight is 274 g/mol. The maximum atomic E-state index is 12.2. The summed E-state index contributed by atoms with van der Waals surface area (Å²) in [4.78, 5) is 12.2. The Bertz CT molecular complexity index is 453. The maximum absolute atomic E-state index is 12.2. The number of amides is 1. The van der Waals surface area contributed by atoms with Crippen molar-refractivity contribution in [3.63, 3.8) is 0 Å². The molecule has 1 aliphatic carbocycles. The summed E-state index contributed by atoms with van der Waals surface area (Å²) in [5.74, 6) is 0.787. The first kappa shape index (κ1) is 15.0. The van der Waals surface area contributed by atoms with Gasteiger partial charge >= 0.3 is 0 Å². The minimum absolute atomic E-state index is 0.0561. The van der Waals surface area contributed by atoms with E-state index in [0.29, 0.717) is 5.92 Å². The minimum Gasteiger partial charge on any atom is -0.349 e. The van der Waals surface area contributed by atoms with E-state index in [-0.39, 0.29) is 23.9 Å². The van der Waals surface area contributed by atoms with Crippen LogP contribution in [0.4, 0.5) is 0 Å². The van der Waals surface area contributed by atoms with Crippen molar-refractivity contribution in [2.45, 2.75) is 58.0 Å². The summed E-state index contributed by atoms with van der Waals surface area (Å²) in [5.41, 5.74) is 8.36. The van der Waals surface area contributed by atoms with Gasteiger partial charge in [0.2, 0.25) is 5.91 Å². The maximum Gasteiger partial charge on any atom is 0.223 e. The summed E-state index contributed by atoms with van der Waals surface area (Å²) in [6.07, 6.45) is 2.71. The van der Waals surface area contributed by atoms with Crippen LogP contribution in [-0.4, -0.2) is 11.9 Å². The molecule has 110 valence electrons. The zero-order valence-electron chi connectivity index (χ0n) is 12.7. The number of nitrogens with two attached hydrogens (primary N) is 1. The molecule has 1 aromatic carbocycles. The molecule has 3 atom stereocenters. The van der Waals surface area contributed by atoms with E-state index in [1.54, 1.807) is 0 Å². The highest BCUT2D eigenvalue weighted by molar-refractivity contribution is 5.79. The number of hydrogen-bond acceptors (Lipinski definition) is 2. The summed E-state index contributed by atoms with van der Waals surface area (Å²) in [5, 5.41) is 3.11. The van der Waals surface area contributed by atoms with Crippen molar-refractivity contribution in [2.24, 2.45) is 11.7 Å². The third kappa shape index (κ3) is 3.60. The molecule has 0 spiro atoms. The Morgan fingerprint density at radius 1 is 1.15 bits per heavy atom. The molecule has 0 aliphatic heterocycles. The SMILES string of the molecule is CC(C)c1ccc(C(C)NC(=O)C2CCC(N)C2)cc1. The van der Waals surface area contributed by atoms with Gasteiger partial charge in [-0.15, -0.1) is 0 Å². The van der Waals surface area contributed by atoms with Crippen molar-refractivity contribution >= 4 is 5.91 Å². The minimum atomic E-state index is 0.0561. The van der Waals surface area contributed by atoms with Gasteiger partial charge in [0.15, 0.2) is 0 Å². The second kappa shape index (κ2) is 6.40. The lowest BCUT2D eigenvalue weighted by atomic mass is 9.99. The van der Waals surface area contributed by atoms with Gasteiger partial charge in [0.05, 0.1) is 6.04 Å². The average Bonchev–Trinajstić information content (AvgIpc) is 2.85. The molecular formula is C17H26N2O. The number of benzene rings is 1. The fourth-order valence-electron chi connectivity index (χ4n) is 2.84. The summed E-state index contributed by atoms with van der Waals surface area (Å²) < 4.78 is 0. The van der Waals surface area contributed by atoms with E-state index in [0.717, 1.165) is 24.8 Å². The second-order valence-corrected chi connectivity index (χ2v) is 6.32. The van der Waals surface area contributed by atoms with Crippen LogP contribution in [0.15, 0.2) is 24.3 Å². The van der Waals surface area contributed by atoms with Gasteiger partial charge in [-0.1, -0.05) is 38.1 Å². The molecule has 3 heteroatoms. The van der Waals surface area contributed by atoms with E-state index in [1.807, 2.05) is 6.92 Å². The van der Waals surface area contributed by atoms with Crippen LogP contribution in [0.5, 0.6) is 0 Å². The smallest absolute Gasteiger partial charge is 0.223 e. The summed E-state index contributed by atoms with van der Waals surface area (Å²) in [6.45, 7) is 6.41. The number of rotatable bonds is 4. The van der Waals surface area contributed by atoms with Gasteiger partial charge in [-0.2, -0.15) is 0 Å². The van der Waals surface area contributed by atoms with Crippen molar-refractivity contribution in [2.75, 3.05) is 0 Å². The molecule has 2 rings (SSSR count). The first-order valence-electron chi connectivity index (χ1n) is 7.63. The highest BCUT2D eigenvalue weighted by Crippen LogP contribution is 2.25. The van der Waals surface area contributed by atoms with E-state index in [4.69, 9.17) is 5.73 Å². The predicted octanol–water partition coefficient (Wildman–Crippen LogP) is 3.11. The van der Waals surface area contributed by atoms with Crippen LogP contribution in [0.1, 0.15) is 63.1 Å². The van der Waals surface area contributed by atoms with Gasteiger partial charge in [-0.05, 0) is 43.2 Å². The van der Waals surface area contributed by atoms with E-state index < -0.39 is 0 Å². The quantitative estimate of drug-likeness (QED) is 0.886. The lowest BCUT2D eigenvalue weighted by Crippen LogP contribution is -2.32. The van der Waals surface area contributed by atoms with E-state index >= 15 is 0 Å². The van der Waals surface area contributed by atoms with Gasteiger partial charge in [0, 0.05) is 12.0 Å². The fraction of sp³-hybridized carbons (Fsp3) is 0.588. The van der Waals surface area contributed by atoms with Crippen LogP contribution in [0.2, 0.25) is 0 Å². The monoisotopic (exact) mass is 274 g/mol. The van der Waals surface area contributed by atoms with Crippen LogP contribution in [0.3, 0.4) is 0 Å². The Morgan fingerprint density at radius 3 is 2.25 bits per heavy atom. The molecule has 1 fully saturated rings. The molecule has 0 radical (unpaired) electrons. The first-order valence-corrected chi connectivity index (χ1v) is 7.63. The zero-order valence-corrected chi connectivity index (χ0v) is 12.7. The van der Waals surface area contributed by atoms with Crippen LogP contribution < -0.4 is 11.1 Å². The molecule has 1 aromatic rings. The molecule has 3 N–H and O–H groups in total. The van der Waals surface area contributed by atoms with Crippen molar-refractivity contribution in [1.82, 2.24) is 5.32 Å². The van der Waals surface area contributed by atoms with Crippen LogP contribution in [0.25, 0.3) is 0 Å². The van der Waals surface area contributed by atoms with Gasteiger partial charge in [-0.25, -0.2) is 0 Å². The van der Waals surface area contributed by atoms with E-state index in [1.165, 1.54) is 5.56 Å². The molecule has 0 aromatic heterocycles. The Hall–Kier alpha value is -1.35. The van der Waals surface area contributed by atoms with Gasteiger partial charge in [0.1, 0.15) is 0 Å². The number of carbonyl (C=O) groups is 1. The van der Waals surface area contributed by atoms with Crippen molar-refractivity contribution in [3.8, 4) is 0 Å².